The minimum Gasteiger partial charge on any atom is -0.383 e. The maximum Gasteiger partial charge on any atom is 0.162 e. The number of hydrogen-bond acceptors (Lipinski definition) is 4. The van der Waals surface area contributed by atoms with Crippen LogP contribution in [0.3, 0.4) is 0 Å². The van der Waals surface area contributed by atoms with Gasteiger partial charge in [0.05, 0.1) is 4.47 Å². The molecule has 4 nitrogen and oxygen atoms in total. The fourth-order valence-electron chi connectivity index (χ4n) is 2.42. The quantitative estimate of drug-likeness (QED) is 0.853. The van der Waals surface area contributed by atoms with Gasteiger partial charge in [-0.25, -0.2) is 9.97 Å². The summed E-state index contributed by atoms with van der Waals surface area (Å²) in [6, 6.07) is 0. The van der Waals surface area contributed by atoms with Gasteiger partial charge in [-0.15, -0.1) is 0 Å². The van der Waals surface area contributed by atoms with Gasteiger partial charge in [0.2, 0.25) is 0 Å². The number of nitrogens with zero attached hydrogens (tertiary/aromatic N) is 2. The summed E-state index contributed by atoms with van der Waals surface area (Å²) in [5.41, 5.74) is 5.48. The van der Waals surface area contributed by atoms with Crippen molar-refractivity contribution < 1.29 is 4.74 Å². The summed E-state index contributed by atoms with van der Waals surface area (Å²) < 4.78 is 6.48. The molecule has 1 fully saturated rings. The van der Waals surface area contributed by atoms with Crippen molar-refractivity contribution in [1.29, 1.82) is 0 Å². The first-order chi connectivity index (χ1) is 8.18. The van der Waals surface area contributed by atoms with Gasteiger partial charge < -0.3 is 10.5 Å². The van der Waals surface area contributed by atoms with E-state index in [1.807, 2.05) is 0 Å². The number of anilines is 1. The zero-order valence-electron chi connectivity index (χ0n) is 10.1. The first kappa shape index (κ1) is 12.8. The van der Waals surface area contributed by atoms with Gasteiger partial charge in [0, 0.05) is 13.3 Å². The second kappa shape index (κ2) is 5.31. The van der Waals surface area contributed by atoms with Crippen LogP contribution in [0.15, 0.2) is 10.7 Å². The maximum atomic E-state index is 5.83. The first-order valence-corrected chi connectivity index (χ1v) is 6.81. The second-order valence-corrected chi connectivity index (χ2v) is 5.39. The Hall–Kier alpha value is -0.680. The molecule has 0 aromatic carbocycles. The monoisotopic (exact) mass is 299 g/mol. The summed E-state index contributed by atoms with van der Waals surface area (Å²) in [5, 5.41) is 0. The SMILES string of the molecule is COC1(c2ncc(Br)c(N)n2)CCCCCC1. The Labute approximate surface area is 110 Å². The van der Waals surface area contributed by atoms with Crippen molar-refractivity contribution in [3.8, 4) is 0 Å². The van der Waals surface area contributed by atoms with E-state index >= 15 is 0 Å². The number of ether oxygens (including phenoxy) is 1. The Morgan fingerprint density at radius 3 is 2.47 bits per heavy atom. The molecule has 0 atom stereocenters. The lowest BCUT2D eigenvalue weighted by molar-refractivity contribution is -0.0350. The molecule has 0 unspecified atom stereocenters. The molecule has 0 amide bonds. The molecule has 1 saturated carbocycles. The largest absolute Gasteiger partial charge is 0.383 e. The van der Waals surface area contributed by atoms with Crippen molar-refractivity contribution in [1.82, 2.24) is 9.97 Å². The molecule has 17 heavy (non-hydrogen) atoms. The summed E-state index contributed by atoms with van der Waals surface area (Å²) in [6.07, 6.45) is 8.51. The highest BCUT2D eigenvalue weighted by Crippen LogP contribution is 2.37. The fourth-order valence-corrected chi connectivity index (χ4v) is 2.61. The third-order valence-electron chi connectivity index (χ3n) is 3.48. The molecule has 94 valence electrons. The van der Waals surface area contributed by atoms with Gasteiger partial charge in [0.1, 0.15) is 11.4 Å². The van der Waals surface area contributed by atoms with Crippen LogP contribution in [-0.2, 0) is 10.3 Å². The van der Waals surface area contributed by atoms with E-state index in [4.69, 9.17) is 10.5 Å². The summed E-state index contributed by atoms with van der Waals surface area (Å²) in [6.45, 7) is 0. The molecule has 2 N–H and O–H groups in total. The van der Waals surface area contributed by atoms with Crippen molar-refractivity contribution in [3.05, 3.63) is 16.5 Å². The Balaban J connectivity index is 2.35. The van der Waals surface area contributed by atoms with Gasteiger partial charge in [-0.3, -0.25) is 0 Å². The van der Waals surface area contributed by atoms with Crippen LogP contribution >= 0.6 is 15.9 Å². The van der Waals surface area contributed by atoms with E-state index in [9.17, 15) is 0 Å². The summed E-state index contributed by atoms with van der Waals surface area (Å²) in [4.78, 5) is 8.76. The van der Waals surface area contributed by atoms with Crippen LogP contribution < -0.4 is 5.73 Å². The van der Waals surface area contributed by atoms with Gasteiger partial charge in [-0.2, -0.15) is 0 Å². The van der Waals surface area contributed by atoms with Crippen LogP contribution in [0.1, 0.15) is 44.3 Å². The van der Waals surface area contributed by atoms with Crippen LogP contribution in [0.25, 0.3) is 0 Å². The van der Waals surface area contributed by atoms with Crippen LogP contribution in [0.4, 0.5) is 5.82 Å². The number of halogens is 1. The van der Waals surface area contributed by atoms with Crippen molar-refractivity contribution >= 4 is 21.7 Å². The molecule has 2 rings (SSSR count). The smallest absolute Gasteiger partial charge is 0.162 e. The molecule has 1 aliphatic rings. The molecular formula is C12H18BrN3O. The highest BCUT2D eigenvalue weighted by Gasteiger charge is 2.35. The summed E-state index contributed by atoms with van der Waals surface area (Å²) in [7, 11) is 1.74. The van der Waals surface area contributed by atoms with Gasteiger partial charge in [-0.1, -0.05) is 25.7 Å². The molecule has 0 bridgehead atoms. The Kier molecular flexibility index (Phi) is 3.99. The van der Waals surface area contributed by atoms with E-state index in [1.165, 1.54) is 12.8 Å². The Bertz CT molecular complexity index is 389. The zero-order valence-corrected chi connectivity index (χ0v) is 11.7. The molecule has 1 aromatic heterocycles. The van der Waals surface area contributed by atoms with Crippen molar-refractivity contribution in [2.24, 2.45) is 0 Å². The Morgan fingerprint density at radius 2 is 1.94 bits per heavy atom. The fraction of sp³-hybridized carbons (Fsp3) is 0.667. The summed E-state index contributed by atoms with van der Waals surface area (Å²) in [5.74, 6) is 1.21. The molecule has 0 saturated heterocycles. The van der Waals surface area contributed by atoms with Gasteiger partial charge in [0.15, 0.2) is 5.82 Å². The van der Waals surface area contributed by atoms with E-state index in [2.05, 4.69) is 25.9 Å². The van der Waals surface area contributed by atoms with Crippen molar-refractivity contribution in [2.75, 3.05) is 12.8 Å². The van der Waals surface area contributed by atoms with Crippen molar-refractivity contribution in [3.63, 3.8) is 0 Å². The van der Waals surface area contributed by atoms with Gasteiger partial charge in [-0.05, 0) is 28.8 Å². The van der Waals surface area contributed by atoms with E-state index in [0.717, 1.165) is 36.0 Å². The zero-order chi connectivity index (χ0) is 12.3. The average molecular weight is 300 g/mol. The predicted octanol–water partition coefficient (Wildman–Crippen LogP) is 3.02. The lowest BCUT2D eigenvalue weighted by Gasteiger charge is -2.29. The number of hydrogen-bond donors (Lipinski definition) is 1. The minimum absolute atomic E-state index is 0.342. The third-order valence-corrected chi connectivity index (χ3v) is 4.09. The van der Waals surface area contributed by atoms with E-state index in [0.29, 0.717) is 5.82 Å². The van der Waals surface area contributed by atoms with Crippen molar-refractivity contribution in [2.45, 2.75) is 44.1 Å². The van der Waals surface area contributed by atoms with E-state index in [1.54, 1.807) is 13.3 Å². The standard InChI is InChI=1S/C12H18BrN3O/c1-17-12(6-4-2-3-5-7-12)11-15-8-9(13)10(14)16-11/h8H,2-7H2,1H3,(H2,14,15,16). The minimum atomic E-state index is -0.342. The highest BCUT2D eigenvalue weighted by molar-refractivity contribution is 9.10. The summed E-state index contributed by atoms with van der Waals surface area (Å²) >= 11 is 3.32. The van der Waals surface area contributed by atoms with Crippen LogP contribution in [0.2, 0.25) is 0 Å². The normalized spacial score (nSPS) is 19.9. The Morgan fingerprint density at radius 1 is 1.29 bits per heavy atom. The molecule has 1 heterocycles. The van der Waals surface area contributed by atoms with E-state index < -0.39 is 0 Å². The van der Waals surface area contributed by atoms with Gasteiger partial charge in [0.25, 0.3) is 0 Å². The molecule has 0 radical (unpaired) electrons. The van der Waals surface area contributed by atoms with Crippen LogP contribution in [0, 0.1) is 0 Å². The molecular weight excluding hydrogens is 282 g/mol. The number of nitrogens with two attached hydrogens (primary N) is 1. The molecule has 5 heteroatoms. The molecule has 1 aromatic rings. The maximum absolute atomic E-state index is 5.83. The number of nitrogen functional groups attached to an aromatic ring is 1. The number of aromatic nitrogens is 2. The van der Waals surface area contributed by atoms with E-state index in [-0.39, 0.29) is 5.60 Å². The first-order valence-electron chi connectivity index (χ1n) is 6.01. The third kappa shape index (κ3) is 2.60. The number of methoxy groups -OCH3 is 1. The molecule has 0 spiro atoms. The lowest BCUT2D eigenvalue weighted by atomic mass is 9.93. The topological polar surface area (TPSA) is 61.0 Å². The molecule has 0 aliphatic heterocycles. The average Bonchev–Trinajstić information content (AvgIpc) is 2.59. The second-order valence-electron chi connectivity index (χ2n) is 4.54. The highest BCUT2D eigenvalue weighted by atomic mass is 79.9. The molecule has 1 aliphatic carbocycles. The van der Waals surface area contributed by atoms with Crippen LogP contribution in [-0.4, -0.2) is 17.1 Å². The predicted molar refractivity (Wildman–Crippen MR) is 70.5 cm³/mol. The van der Waals surface area contributed by atoms with Crippen LogP contribution in [0.5, 0.6) is 0 Å². The number of rotatable bonds is 2. The van der Waals surface area contributed by atoms with Gasteiger partial charge >= 0.3 is 0 Å². The lowest BCUT2D eigenvalue weighted by Crippen LogP contribution is -2.30.